The molecule has 26 heavy (non-hydrogen) atoms. The lowest BCUT2D eigenvalue weighted by atomic mass is 9.81. The average Bonchev–Trinajstić information content (AvgIpc) is 2.67. The zero-order valence-corrected chi connectivity index (χ0v) is 15.9. The van der Waals surface area contributed by atoms with E-state index in [1.807, 2.05) is 0 Å². The Kier molecular flexibility index (Phi) is 6.88. The van der Waals surface area contributed by atoms with Gasteiger partial charge in [0.15, 0.2) is 0 Å². The Morgan fingerprint density at radius 1 is 1.00 bits per heavy atom. The Morgan fingerprint density at radius 2 is 1.77 bits per heavy atom. The molecule has 1 aliphatic rings. The predicted octanol–water partition coefficient (Wildman–Crippen LogP) is 6.13. The Morgan fingerprint density at radius 3 is 2.50 bits per heavy atom. The smallest absolute Gasteiger partial charge is 0.129 e. The zero-order valence-electron chi connectivity index (χ0n) is 15.9. The summed E-state index contributed by atoms with van der Waals surface area (Å²) in [6.45, 7) is 1.68. The molecule has 1 saturated carbocycles. The van der Waals surface area contributed by atoms with Gasteiger partial charge in [-0.1, -0.05) is 48.9 Å². The molecule has 1 fully saturated rings. The fourth-order valence-corrected chi connectivity index (χ4v) is 4.05. The highest BCUT2D eigenvalue weighted by molar-refractivity contribution is 5.75. The van der Waals surface area contributed by atoms with Crippen LogP contribution in [0.15, 0.2) is 54.6 Å². The van der Waals surface area contributed by atoms with Crippen LogP contribution in [0.1, 0.15) is 68.9 Å². The van der Waals surface area contributed by atoms with Crippen LogP contribution in [0.3, 0.4) is 0 Å². The van der Waals surface area contributed by atoms with Crippen molar-refractivity contribution in [2.24, 2.45) is 0 Å². The van der Waals surface area contributed by atoms with Crippen LogP contribution in [0.2, 0.25) is 0 Å². The molecule has 2 aromatic rings. The van der Waals surface area contributed by atoms with E-state index < -0.39 is 0 Å². The second kappa shape index (κ2) is 9.56. The van der Waals surface area contributed by atoms with Gasteiger partial charge in [-0.3, -0.25) is 0 Å². The number of unbranched alkanes of at least 4 members (excludes halogenated alkanes) is 1. The number of anilines is 1. The molecule has 3 rings (SSSR count). The number of nitrogens with one attached hydrogen (secondary N) is 1. The Bertz CT molecular complexity index is 677. The maximum Gasteiger partial charge on any atom is 0.129 e. The third-order valence-corrected chi connectivity index (χ3v) is 5.51. The van der Waals surface area contributed by atoms with Gasteiger partial charge in [0.05, 0.1) is 0 Å². The summed E-state index contributed by atoms with van der Waals surface area (Å²) in [5.74, 6) is 0.966. The average molecular weight is 350 g/mol. The number of carbonyl (C=O) groups is 1. The van der Waals surface area contributed by atoms with E-state index in [4.69, 9.17) is 0 Å². The molecule has 2 atom stereocenters. The Balaban J connectivity index is 1.51. The number of benzene rings is 2. The first-order valence-electron chi connectivity index (χ1n) is 10.1. The van der Waals surface area contributed by atoms with Crippen molar-refractivity contribution in [3.05, 3.63) is 65.7 Å². The van der Waals surface area contributed by atoms with Gasteiger partial charge in [0.25, 0.3) is 0 Å². The van der Waals surface area contributed by atoms with Crippen molar-refractivity contribution >= 4 is 11.5 Å². The molecule has 0 bridgehead atoms. The van der Waals surface area contributed by atoms with Gasteiger partial charge in [-0.15, -0.1) is 0 Å². The Hall–Kier alpha value is -2.09. The molecular weight excluding hydrogens is 318 g/mol. The van der Waals surface area contributed by atoms with Crippen molar-refractivity contribution in [3.63, 3.8) is 0 Å². The molecule has 0 radical (unpaired) electrons. The van der Waals surface area contributed by atoms with Gasteiger partial charge in [-0.25, -0.2) is 0 Å². The van der Waals surface area contributed by atoms with Crippen molar-refractivity contribution in [2.75, 3.05) is 5.32 Å². The summed E-state index contributed by atoms with van der Waals surface area (Å²) >= 11 is 0. The van der Waals surface area contributed by atoms with Crippen molar-refractivity contribution in [1.29, 1.82) is 0 Å². The normalized spacial score (nSPS) is 19.9. The Labute approximate surface area is 158 Å². The molecule has 0 amide bonds. The highest BCUT2D eigenvalue weighted by Gasteiger charge is 2.23. The number of hydrogen-bond donors (Lipinski definition) is 1. The highest BCUT2D eigenvalue weighted by atomic mass is 16.1. The van der Waals surface area contributed by atoms with E-state index in [2.05, 4.69) is 59.9 Å². The minimum absolute atomic E-state index is 0.302. The van der Waals surface area contributed by atoms with E-state index >= 15 is 0 Å². The maximum absolute atomic E-state index is 11.0. The fraction of sp³-hybridized carbons (Fsp3) is 0.458. The highest BCUT2D eigenvalue weighted by Crippen LogP contribution is 2.34. The van der Waals surface area contributed by atoms with E-state index in [0.717, 1.165) is 25.7 Å². The largest absolute Gasteiger partial charge is 0.382 e. The number of hydrogen-bond acceptors (Lipinski definition) is 2. The quantitative estimate of drug-likeness (QED) is 0.581. The molecule has 138 valence electrons. The van der Waals surface area contributed by atoms with Crippen LogP contribution in [-0.2, 0) is 11.2 Å². The number of rotatable bonds is 8. The predicted molar refractivity (Wildman–Crippen MR) is 110 cm³/mol. The van der Waals surface area contributed by atoms with Crippen molar-refractivity contribution in [2.45, 2.75) is 70.3 Å². The number of carbonyl (C=O) groups excluding carboxylic acids is 1. The third-order valence-electron chi connectivity index (χ3n) is 5.51. The fourth-order valence-electron chi connectivity index (χ4n) is 4.05. The van der Waals surface area contributed by atoms with Crippen LogP contribution >= 0.6 is 0 Å². The van der Waals surface area contributed by atoms with Crippen molar-refractivity contribution in [1.82, 2.24) is 0 Å². The lowest BCUT2D eigenvalue weighted by Crippen LogP contribution is -2.26. The molecule has 1 N–H and O–H groups in total. The molecule has 0 saturated heterocycles. The lowest BCUT2D eigenvalue weighted by molar-refractivity contribution is -0.117. The minimum Gasteiger partial charge on any atom is -0.382 e. The van der Waals surface area contributed by atoms with Crippen LogP contribution in [0.5, 0.6) is 0 Å². The molecule has 1 aliphatic carbocycles. The molecule has 2 aromatic carbocycles. The monoisotopic (exact) mass is 349 g/mol. The van der Waals surface area contributed by atoms with Gasteiger partial charge in [-0.05, 0) is 74.6 Å². The SMILES string of the molecule is CC(=O)CCCCc1ccc(C2CCCC(Nc3ccccc3)C2)cc1. The molecule has 0 heterocycles. The summed E-state index contributed by atoms with van der Waals surface area (Å²) in [6, 6.07) is 20.4. The lowest BCUT2D eigenvalue weighted by Gasteiger charge is -2.31. The summed E-state index contributed by atoms with van der Waals surface area (Å²) in [7, 11) is 0. The number of ketones is 1. The van der Waals surface area contributed by atoms with Crippen molar-refractivity contribution in [3.8, 4) is 0 Å². The van der Waals surface area contributed by atoms with E-state index in [0.29, 0.717) is 17.7 Å². The van der Waals surface area contributed by atoms with Crippen LogP contribution in [0.25, 0.3) is 0 Å². The number of Topliss-reactive ketones (excluding diaryl/α,β-unsaturated/α-hetero) is 1. The van der Waals surface area contributed by atoms with Crippen molar-refractivity contribution < 1.29 is 4.79 Å². The standard InChI is InChI=1S/C24H31NO/c1-19(26)8-5-6-9-20-14-16-21(17-15-20)22-10-7-13-24(18-22)25-23-11-3-2-4-12-23/h2-4,11-12,14-17,22,24-25H,5-10,13,18H2,1H3. The number of aryl methyl sites for hydroxylation is 1. The molecule has 2 unspecified atom stereocenters. The summed E-state index contributed by atoms with van der Waals surface area (Å²) in [6.07, 6.45) is 8.98. The molecule has 0 aliphatic heterocycles. The van der Waals surface area contributed by atoms with Gasteiger partial charge in [0.1, 0.15) is 5.78 Å². The topological polar surface area (TPSA) is 29.1 Å². The molecule has 2 heteroatoms. The number of para-hydroxylation sites is 1. The van der Waals surface area contributed by atoms with Gasteiger partial charge in [-0.2, -0.15) is 0 Å². The minimum atomic E-state index is 0.302. The van der Waals surface area contributed by atoms with Gasteiger partial charge >= 0.3 is 0 Å². The van der Waals surface area contributed by atoms with E-state index in [9.17, 15) is 4.79 Å². The van der Waals surface area contributed by atoms with E-state index in [-0.39, 0.29) is 0 Å². The first-order valence-corrected chi connectivity index (χ1v) is 10.1. The van der Waals surface area contributed by atoms with Gasteiger partial charge in [0, 0.05) is 18.2 Å². The van der Waals surface area contributed by atoms with Gasteiger partial charge in [0.2, 0.25) is 0 Å². The van der Waals surface area contributed by atoms with Gasteiger partial charge < -0.3 is 10.1 Å². The maximum atomic E-state index is 11.0. The van der Waals surface area contributed by atoms with Crippen LogP contribution in [-0.4, -0.2) is 11.8 Å². The molecule has 0 spiro atoms. The van der Waals surface area contributed by atoms with Crippen LogP contribution < -0.4 is 5.32 Å². The summed E-state index contributed by atoms with van der Waals surface area (Å²) < 4.78 is 0. The van der Waals surface area contributed by atoms with Crippen LogP contribution in [0.4, 0.5) is 5.69 Å². The molecule has 2 nitrogen and oxygen atoms in total. The molecule has 0 aromatic heterocycles. The zero-order chi connectivity index (χ0) is 18.2. The summed E-state index contributed by atoms with van der Waals surface area (Å²) in [5, 5.41) is 3.71. The first kappa shape index (κ1) is 18.7. The molecular formula is C24H31NO. The first-order chi connectivity index (χ1) is 12.7. The van der Waals surface area contributed by atoms with Crippen LogP contribution in [0, 0.1) is 0 Å². The van der Waals surface area contributed by atoms with E-state index in [1.54, 1.807) is 6.92 Å². The second-order valence-corrected chi connectivity index (χ2v) is 7.72. The second-order valence-electron chi connectivity index (χ2n) is 7.72. The summed E-state index contributed by atoms with van der Waals surface area (Å²) in [5.41, 5.74) is 4.11. The van der Waals surface area contributed by atoms with E-state index in [1.165, 1.54) is 42.5 Å². The third kappa shape index (κ3) is 5.72. The summed E-state index contributed by atoms with van der Waals surface area (Å²) in [4.78, 5) is 11.0.